The fourth-order valence-corrected chi connectivity index (χ4v) is 3.87. The highest BCUT2D eigenvalue weighted by Gasteiger charge is 2.46. The standard InChI is InChI=1S/C18H26N2O3/c1-3-17(22)9-11-20(12-10-17)16(21)18(19)8-7-13-14(18)5-4-6-15(13)23-2/h4-6,22H,3,7-12,19H2,1-2H3. The summed E-state index contributed by atoms with van der Waals surface area (Å²) in [4.78, 5) is 14.9. The summed E-state index contributed by atoms with van der Waals surface area (Å²) in [5.74, 6) is 0.782. The van der Waals surface area contributed by atoms with E-state index in [0.29, 0.717) is 32.4 Å². The maximum atomic E-state index is 13.1. The maximum absolute atomic E-state index is 13.1. The Hall–Kier alpha value is -1.59. The van der Waals surface area contributed by atoms with Gasteiger partial charge in [-0.3, -0.25) is 4.79 Å². The number of fused-ring (bicyclic) bond motifs is 1. The molecule has 0 bridgehead atoms. The van der Waals surface area contributed by atoms with Crippen LogP contribution >= 0.6 is 0 Å². The van der Waals surface area contributed by atoms with Crippen LogP contribution < -0.4 is 10.5 Å². The zero-order valence-electron chi connectivity index (χ0n) is 14.0. The van der Waals surface area contributed by atoms with Gasteiger partial charge in [-0.05, 0) is 49.3 Å². The molecule has 1 atom stereocenters. The molecule has 1 aliphatic carbocycles. The molecule has 126 valence electrons. The fraction of sp³-hybridized carbons (Fsp3) is 0.611. The highest BCUT2D eigenvalue weighted by atomic mass is 16.5. The van der Waals surface area contributed by atoms with Crippen molar-refractivity contribution in [2.24, 2.45) is 5.73 Å². The zero-order valence-corrected chi connectivity index (χ0v) is 14.0. The van der Waals surface area contributed by atoms with E-state index in [0.717, 1.165) is 29.7 Å². The molecule has 1 saturated heterocycles. The highest BCUT2D eigenvalue weighted by molar-refractivity contribution is 5.89. The van der Waals surface area contributed by atoms with Crippen LogP contribution in [0.2, 0.25) is 0 Å². The van der Waals surface area contributed by atoms with E-state index in [4.69, 9.17) is 10.5 Å². The van der Waals surface area contributed by atoms with Gasteiger partial charge in [-0.1, -0.05) is 19.1 Å². The second kappa shape index (κ2) is 5.80. The van der Waals surface area contributed by atoms with E-state index in [9.17, 15) is 9.90 Å². The third-order valence-electron chi connectivity index (χ3n) is 5.62. The molecule has 5 nitrogen and oxygen atoms in total. The summed E-state index contributed by atoms with van der Waals surface area (Å²) in [6.07, 6.45) is 3.33. The minimum Gasteiger partial charge on any atom is -0.496 e. The lowest BCUT2D eigenvalue weighted by molar-refractivity contribution is -0.141. The highest BCUT2D eigenvalue weighted by Crippen LogP contribution is 2.41. The number of piperidine rings is 1. The molecule has 3 rings (SSSR count). The van der Waals surface area contributed by atoms with Crippen LogP contribution in [-0.2, 0) is 16.8 Å². The summed E-state index contributed by atoms with van der Waals surface area (Å²) in [5, 5.41) is 10.3. The molecule has 0 saturated carbocycles. The van der Waals surface area contributed by atoms with E-state index < -0.39 is 11.1 Å². The first-order valence-electron chi connectivity index (χ1n) is 8.40. The number of carbonyl (C=O) groups is 1. The predicted octanol–water partition coefficient (Wildman–Crippen LogP) is 1.56. The Balaban J connectivity index is 1.82. The molecule has 1 fully saturated rings. The second-order valence-corrected chi connectivity index (χ2v) is 6.83. The fourth-order valence-electron chi connectivity index (χ4n) is 3.87. The van der Waals surface area contributed by atoms with Crippen LogP contribution in [-0.4, -0.2) is 41.7 Å². The maximum Gasteiger partial charge on any atom is 0.247 e. The predicted molar refractivity (Wildman–Crippen MR) is 88.2 cm³/mol. The first-order valence-corrected chi connectivity index (χ1v) is 8.40. The van der Waals surface area contributed by atoms with E-state index in [1.807, 2.05) is 30.0 Å². The third-order valence-corrected chi connectivity index (χ3v) is 5.62. The summed E-state index contributed by atoms with van der Waals surface area (Å²) in [6, 6.07) is 5.75. The number of carbonyl (C=O) groups excluding carboxylic acids is 1. The van der Waals surface area contributed by atoms with E-state index in [-0.39, 0.29) is 5.91 Å². The topological polar surface area (TPSA) is 75.8 Å². The smallest absolute Gasteiger partial charge is 0.247 e. The molecule has 0 spiro atoms. The van der Waals surface area contributed by atoms with Gasteiger partial charge in [0.2, 0.25) is 5.91 Å². The molecule has 1 heterocycles. The lowest BCUT2D eigenvalue weighted by Gasteiger charge is -2.40. The van der Waals surface area contributed by atoms with Crippen LogP contribution in [0, 0.1) is 0 Å². The van der Waals surface area contributed by atoms with Crippen molar-refractivity contribution < 1.29 is 14.6 Å². The first-order chi connectivity index (χ1) is 10.9. The molecule has 0 radical (unpaired) electrons. The molecular weight excluding hydrogens is 292 g/mol. The quantitative estimate of drug-likeness (QED) is 0.887. The van der Waals surface area contributed by atoms with Crippen LogP contribution in [0.4, 0.5) is 0 Å². The molecule has 23 heavy (non-hydrogen) atoms. The number of hydrogen-bond donors (Lipinski definition) is 2. The lowest BCUT2D eigenvalue weighted by Crippen LogP contribution is -2.55. The Morgan fingerprint density at radius 2 is 2.04 bits per heavy atom. The summed E-state index contributed by atoms with van der Waals surface area (Å²) < 4.78 is 5.40. The lowest BCUT2D eigenvalue weighted by atomic mass is 9.86. The van der Waals surface area contributed by atoms with Crippen molar-refractivity contribution in [3.8, 4) is 5.75 Å². The van der Waals surface area contributed by atoms with Gasteiger partial charge in [0.05, 0.1) is 12.7 Å². The Morgan fingerprint density at radius 3 is 2.65 bits per heavy atom. The number of likely N-dealkylation sites (tertiary alicyclic amines) is 1. The number of benzene rings is 1. The van der Waals surface area contributed by atoms with Crippen molar-refractivity contribution in [3.05, 3.63) is 29.3 Å². The number of rotatable bonds is 3. The summed E-state index contributed by atoms with van der Waals surface area (Å²) >= 11 is 0. The number of ether oxygens (including phenoxy) is 1. The minimum absolute atomic E-state index is 0.0253. The van der Waals surface area contributed by atoms with E-state index in [2.05, 4.69) is 0 Å². The van der Waals surface area contributed by atoms with Crippen LogP contribution in [0.5, 0.6) is 5.75 Å². The van der Waals surface area contributed by atoms with Crippen molar-refractivity contribution in [3.63, 3.8) is 0 Å². The molecule has 1 aromatic carbocycles. The van der Waals surface area contributed by atoms with E-state index in [1.165, 1.54) is 0 Å². The zero-order chi connectivity index (χ0) is 16.7. The average molecular weight is 318 g/mol. The largest absolute Gasteiger partial charge is 0.496 e. The van der Waals surface area contributed by atoms with Gasteiger partial charge in [-0.15, -0.1) is 0 Å². The van der Waals surface area contributed by atoms with Crippen molar-refractivity contribution in [2.75, 3.05) is 20.2 Å². The summed E-state index contributed by atoms with van der Waals surface area (Å²) in [6.45, 7) is 3.13. The number of nitrogens with two attached hydrogens (primary N) is 1. The van der Waals surface area contributed by atoms with Gasteiger partial charge in [0.1, 0.15) is 11.3 Å². The number of aliphatic hydroxyl groups is 1. The van der Waals surface area contributed by atoms with Gasteiger partial charge in [0, 0.05) is 13.1 Å². The Labute approximate surface area is 137 Å². The van der Waals surface area contributed by atoms with Gasteiger partial charge in [-0.2, -0.15) is 0 Å². The molecule has 0 aromatic heterocycles. The Morgan fingerprint density at radius 1 is 1.35 bits per heavy atom. The van der Waals surface area contributed by atoms with E-state index >= 15 is 0 Å². The normalized spacial score (nSPS) is 26.0. The number of nitrogens with zero attached hydrogens (tertiary/aromatic N) is 1. The van der Waals surface area contributed by atoms with Crippen molar-refractivity contribution >= 4 is 5.91 Å². The van der Waals surface area contributed by atoms with Crippen LogP contribution in [0.1, 0.15) is 43.7 Å². The van der Waals surface area contributed by atoms with Gasteiger partial charge >= 0.3 is 0 Å². The van der Waals surface area contributed by atoms with E-state index in [1.54, 1.807) is 7.11 Å². The van der Waals surface area contributed by atoms with Gasteiger partial charge < -0.3 is 20.5 Å². The second-order valence-electron chi connectivity index (χ2n) is 6.83. The van der Waals surface area contributed by atoms with Gasteiger partial charge in [-0.25, -0.2) is 0 Å². The molecule has 1 amide bonds. The van der Waals surface area contributed by atoms with Gasteiger partial charge in [0.15, 0.2) is 0 Å². The molecule has 1 aromatic rings. The molecule has 3 N–H and O–H groups in total. The molecule has 2 aliphatic rings. The molecular formula is C18H26N2O3. The summed E-state index contributed by atoms with van der Waals surface area (Å²) in [5.41, 5.74) is 6.90. The first kappa shape index (κ1) is 16.3. The van der Waals surface area contributed by atoms with Crippen LogP contribution in [0.3, 0.4) is 0 Å². The Bertz CT molecular complexity index is 608. The number of methoxy groups -OCH3 is 1. The van der Waals surface area contributed by atoms with Crippen molar-refractivity contribution in [1.82, 2.24) is 4.90 Å². The SMILES string of the molecule is CCC1(O)CCN(C(=O)C2(N)CCc3c(OC)cccc32)CC1. The number of hydrogen-bond acceptors (Lipinski definition) is 4. The van der Waals surface area contributed by atoms with Crippen LogP contribution in [0.25, 0.3) is 0 Å². The monoisotopic (exact) mass is 318 g/mol. The van der Waals surface area contributed by atoms with Crippen molar-refractivity contribution in [2.45, 2.75) is 50.2 Å². The molecule has 5 heteroatoms. The third kappa shape index (κ3) is 2.62. The summed E-state index contributed by atoms with van der Waals surface area (Å²) in [7, 11) is 1.64. The average Bonchev–Trinajstić information content (AvgIpc) is 2.93. The Kier molecular flexibility index (Phi) is 4.10. The minimum atomic E-state index is -0.967. The number of amides is 1. The van der Waals surface area contributed by atoms with Crippen molar-refractivity contribution in [1.29, 1.82) is 0 Å². The molecule has 1 aliphatic heterocycles. The molecule has 1 unspecified atom stereocenters. The van der Waals surface area contributed by atoms with Crippen LogP contribution in [0.15, 0.2) is 18.2 Å². The van der Waals surface area contributed by atoms with Gasteiger partial charge in [0.25, 0.3) is 0 Å².